The van der Waals surface area contributed by atoms with Crippen molar-refractivity contribution in [1.82, 2.24) is 9.88 Å². The van der Waals surface area contributed by atoms with Crippen LogP contribution < -0.4 is 0 Å². The number of nitrogens with one attached hydrogen (secondary N) is 1. The number of halogens is 1. The molecule has 3 aromatic rings. The van der Waals surface area contributed by atoms with Crippen molar-refractivity contribution < 1.29 is 9.59 Å². The fourth-order valence-electron chi connectivity index (χ4n) is 4.01. The lowest BCUT2D eigenvalue weighted by Crippen LogP contribution is -2.38. The van der Waals surface area contributed by atoms with E-state index in [0.29, 0.717) is 11.5 Å². The number of ketones is 1. The van der Waals surface area contributed by atoms with E-state index in [2.05, 4.69) is 17.1 Å². The smallest absolute Gasteiger partial charge is 0.223 e. The Hall–Kier alpha value is -2.59. The summed E-state index contributed by atoms with van der Waals surface area (Å²) in [5.74, 6) is 0.554. The van der Waals surface area contributed by atoms with Gasteiger partial charge in [-0.05, 0) is 42.5 Å². The fourth-order valence-corrected chi connectivity index (χ4v) is 4.14. The summed E-state index contributed by atoms with van der Waals surface area (Å²) < 4.78 is 0. The molecule has 28 heavy (non-hydrogen) atoms. The number of fused-ring (bicyclic) bond motifs is 1. The molecular weight excluding hydrogens is 372 g/mol. The SMILES string of the molecule is O=C(CCC(=O)N1CCC(c2ccc(Cl)cc2)CC1)c1c[nH]c2ccccc12. The summed E-state index contributed by atoms with van der Waals surface area (Å²) in [6.45, 7) is 1.49. The van der Waals surface area contributed by atoms with Gasteiger partial charge in [-0.25, -0.2) is 0 Å². The van der Waals surface area contributed by atoms with Crippen LogP contribution in [0.4, 0.5) is 0 Å². The first-order valence-electron chi connectivity index (χ1n) is 9.74. The number of para-hydroxylation sites is 1. The van der Waals surface area contributed by atoms with Gasteiger partial charge in [-0.15, -0.1) is 0 Å². The number of nitrogens with zero attached hydrogens (tertiary/aromatic N) is 1. The van der Waals surface area contributed by atoms with Gasteiger partial charge in [0.2, 0.25) is 5.91 Å². The third-order valence-corrected chi connectivity index (χ3v) is 5.90. The Kier molecular flexibility index (Phi) is 5.49. The summed E-state index contributed by atoms with van der Waals surface area (Å²) in [6, 6.07) is 15.7. The van der Waals surface area contributed by atoms with E-state index >= 15 is 0 Å². The van der Waals surface area contributed by atoms with Crippen LogP contribution in [-0.2, 0) is 4.79 Å². The number of likely N-dealkylation sites (tertiary alicyclic amines) is 1. The normalized spacial score (nSPS) is 15.1. The molecule has 0 bridgehead atoms. The number of hydrogen-bond donors (Lipinski definition) is 1. The summed E-state index contributed by atoms with van der Waals surface area (Å²) in [5.41, 5.74) is 2.90. The molecule has 0 atom stereocenters. The van der Waals surface area contributed by atoms with Crippen LogP contribution >= 0.6 is 11.6 Å². The fraction of sp³-hybridized carbons (Fsp3) is 0.304. The van der Waals surface area contributed by atoms with Crippen molar-refractivity contribution in [2.45, 2.75) is 31.6 Å². The van der Waals surface area contributed by atoms with Crippen LogP contribution in [0.1, 0.15) is 47.5 Å². The van der Waals surface area contributed by atoms with Crippen molar-refractivity contribution in [3.8, 4) is 0 Å². The highest BCUT2D eigenvalue weighted by atomic mass is 35.5. The van der Waals surface area contributed by atoms with Gasteiger partial charge in [0.25, 0.3) is 0 Å². The second kappa shape index (κ2) is 8.19. The summed E-state index contributed by atoms with van der Waals surface area (Å²) >= 11 is 5.96. The van der Waals surface area contributed by atoms with Crippen LogP contribution in [0.25, 0.3) is 10.9 Å². The second-order valence-electron chi connectivity index (χ2n) is 7.38. The quantitative estimate of drug-likeness (QED) is 0.605. The maximum absolute atomic E-state index is 12.6. The van der Waals surface area contributed by atoms with E-state index in [1.54, 1.807) is 6.20 Å². The lowest BCUT2D eigenvalue weighted by molar-refractivity contribution is -0.132. The van der Waals surface area contributed by atoms with E-state index in [9.17, 15) is 9.59 Å². The average Bonchev–Trinajstić information content (AvgIpc) is 3.17. The summed E-state index contributed by atoms with van der Waals surface area (Å²) in [6.07, 6.45) is 4.16. The lowest BCUT2D eigenvalue weighted by Gasteiger charge is -2.32. The van der Waals surface area contributed by atoms with Crippen molar-refractivity contribution in [1.29, 1.82) is 0 Å². The number of benzene rings is 2. The Bertz CT molecular complexity index is 985. The molecule has 1 N–H and O–H groups in total. The number of hydrogen-bond acceptors (Lipinski definition) is 2. The van der Waals surface area contributed by atoms with E-state index in [4.69, 9.17) is 11.6 Å². The van der Waals surface area contributed by atoms with Gasteiger partial charge in [0.15, 0.2) is 5.78 Å². The molecule has 0 radical (unpaired) electrons. The highest BCUT2D eigenvalue weighted by Gasteiger charge is 2.24. The van der Waals surface area contributed by atoms with Crippen LogP contribution in [0, 0.1) is 0 Å². The first-order valence-corrected chi connectivity index (χ1v) is 10.1. The number of H-pyrrole nitrogens is 1. The minimum Gasteiger partial charge on any atom is -0.360 e. The zero-order valence-electron chi connectivity index (χ0n) is 15.7. The van der Waals surface area contributed by atoms with Gasteiger partial charge in [-0.3, -0.25) is 9.59 Å². The predicted molar refractivity (Wildman–Crippen MR) is 112 cm³/mol. The van der Waals surface area contributed by atoms with Gasteiger partial charge in [0.05, 0.1) is 0 Å². The molecule has 0 saturated carbocycles. The van der Waals surface area contributed by atoms with Crippen molar-refractivity contribution in [3.63, 3.8) is 0 Å². The number of aromatic nitrogens is 1. The molecule has 1 aromatic heterocycles. The van der Waals surface area contributed by atoms with Crippen molar-refractivity contribution in [2.75, 3.05) is 13.1 Å². The Morgan fingerprint density at radius 1 is 1.00 bits per heavy atom. The third kappa shape index (κ3) is 3.97. The predicted octanol–water partition coefficient (Wildman–Crippen LogP) is 5.19. The number of Topliss-reactive ketones (excluding diaryl/α,β-unsaturated/α-hetero) is 1. The Morgan fingerprint density at radius 2 is 1.71 bits per heavy atom. The minimum atomic E-state index is 0.0156. The number of carbonyl (C=O) groups is 2. The average molecular weight is 395 g/mol. The van der Waals surface area contributed by atoms with Crippen LogP contribution in [0.3, 0.4) is 0 Å². The molecule has 2 heterocycles. The van der Waals surface area contributed by atoms with Crippen LogP contribution in [0.5, 0.6) is 0 Å². The van der Waals surface area contributed by atoms with Gasteiger partial charge in [-0.2, -0.15) is 0 Å². The molecular formula is C23H23ClN2O2. The van der Waals surface area contributed by atoms with E-state index in [-0.39, 0.29) is 24.5 Å². The topological polar surface area (TPSA) is 53.2 Å². The number of carbonyl (C=O) groups excluding carboxylic acids is 2. The molecule has 2 aromatic carbocycles. The highest BCUT2D eigenvalue weighted by molar-refractivity contribution is 6.30. The first-order chi connectivity index (χ1) is 13.6. The number of piperidine rings is 1. The van der Waals surface area contributed by atoms with Gasteiger partial charge in [-0.1, -0.05) is 41.9 Å². The molecule has 0 unspecified atom stereocenters. The minimum absolute atomic E-state index is 0.0156. The molecule has 4 rings (SSSR count). The van der Waals surface area contributed by atoms with E-state index in [0.717, 1.165) is 41.9 Å². The van der Waals surface area contributed by atoms with Crippen molar-refractivity contribution >= 4 is 34.2 Å². The van der Waals surface area contributed by atoms with Crippen LogP contribution in [0.15, 0.2) is 54.7 Å². The molecule has 1 saturated heterocycles. The van der Waals surface area contributed by atoms with Gasteiger partial charge in [0, 0.05) is 53.6 Å². The third-order valence-electron chi connectivity index (χ3n) is 5.64. The van der Waals surface area contributed by atoms with Gasteiger partial charge < -0.3 is 9.88 Å². The molecule has 1 amide bonds. The standard InChI is InChI=1S/C23H23ClN2O2/c24-18-7-5-16(6-8-18)17-11-13-26(14-12-17)23(28)10-9-22(27)20-15-25-21-4-2-1-3-19(20)21/h1-8,15,17,25H,9-14H2. The molecule has 5 heteroatoms. The Morgan fingerprint density at radius 3 is 2.46 bits per heavy atom. The summed E-state index contributed by atoms with van der Waals surface area (Å²) in [7, 11) is 0. The van der Waals surface area contributed by atoms with Crippen molar-refractivity contribution in [3.05, 3.63) is 70.9 Å². The van der Waals surface area contributed by atoms with E-state index in [1.807, 2.05) is 41.3 Å². The van der Waals surface area contributed by atoms with Crippen molar-refractivity contribution in [2.24, 2.45) is 0 Å². The highest BCUT2D eigenvalue weighted by Crippen LogP contribution is 2.29. The molecule has 1 aliphatic heterocycles. The summed E-state index contributed by atoms with van der Waals surface area (Å²) in [4.78, 5) is 30.2. The molecule has 0 spiro atoms. The molecule has 0 aliphatic carbocycles. The summed E-state index contributed by atoms with van der Waals surface area (Å²) in [5, 5.41) is 1.67. The Balaban J connectivity index is 1.30. The molecule has 4 nitrogen and oxygen atoms in total. The first kappa shape index (κ1) is 18.8. The number of amides is 1. The largest absolute Gasteiger partial charge is 0.360 e. The van der Waals surface area contributed by atoms with Gasteiger partial charge >= 0.3 is 0 Å². The van der Waals surface area contributed by atoms with E-state index < -0.39 is 0 Å². The zero-order valence-corrected chi connectivity index (χ0v) is 16.4. The number of aromatic amines is 1. The van der Waals surface area contributed by atoms with Gasteiger partial charge in [0.1, 0.15) is 0 Å². The second-order valence-corrected chi connectivity index (χ2v) is 7.81. The molecule has 1 fully saturated rings. The number of rotatable bonds is 5. The monoisotopic (exact) mass is 394 g/mol. The van der Waals surface area contributed by atoms with Crippen LogP contribution in [-0.4, -0.2) is 34.7 Å². The van der Waals surface area contributed by atoms with Crippen LogP contribution in [0.2, 0.25) is 5.02 Å². The lowest BCUT2D eigenvalue weighted by atomic mass is 9.89. The maximum atomic E-state index is 12.6. The molecule has 1 aliphatic rings. The Labute approximate surface area is 169 Å². The van der Waals surface area contributed by atoms with E-state index in [1.165, 1.54) is 5.56 Å². The zero-order chi connectivity index (χ0) is 19.5. The maximum Gasteiger partial charge on any atom is 0.223 e. The molecule has 144 valence electrons.